The Kier molecular flexibility index (Phi) is 5.33. The molecule has 8 heteroatoms. The number of hydrogen-bond acceptors (Lipinski definition) is 7. The maximum atomic E-state index is 12.6. The molecular weight excluding hydrogens is 410 g/mol. The summed E-state index contributed by atoms with van der Waals surface area (Å²) in [5, 5.41) is 14.3. The number of halogens is 1. The van der Waals surface area contributed by atoms with Crippen molar-refractivity contribution >= 4 is 50.6 Å². The summed E-state index contributed by atoms with van der Waals surface area (Å²) in [6.45, 7) is 2.02. The van der Waals surface area contributed by atoms with Crippen molar-refractivity contribution < 1.29 is 14.6 Å². The molecule has 0 aliphatic rings. The molecule has 0 atom stereocenters. The molecule has 4 rings (SSSR count). The molecule has 4 aromatic rings. The summed E-state index contributed by atoms with van der Waals surface area (Å²) in [6, 6.07) is 14.2. The van der Waals surface area contributed by atoms with Gasteiger partial charge in [-0.15, -0.1) is 11.3 Å². The number of thiophene rings is 1. The van der Waals surface area contributed by atoms with Gasteiger partial charge in [-0.2, -0.15) is 0 Å². The largest absolute Gasteiger partial charge is 0.506 e. The average molecular weight is 426 g/mol. The number of rotatable bonds is 5. The van der Waals surface area contributed by atoms with Crippen molar-refractivity contribution in [1.29, 1.82) is 0 Å². The van der Waals surface area contributed by atoms with Crippen LogP contribution in [0.15, 0.2) is 54.9 Å². The number of nitrogens with one attached hydrogen (secondary N) is 1. The number of aromatic nitrogens is 2. The number of hydrogen-bond donors (Lipinski definition) is 2. The Morgan fingerprint density at radius 2 is 2.00 bits per heavy atom. The van der Waals surface area contributed by atoms with Crippen LogP contribution in [0.2, 0.25) is 5.02 Å². The van der Waals surface area contributed by atoms with E-state index in [-0.39, 0.29) is 12.4 Å². The fourth-order valence-electron chi connectivity index (χ4n) is 2.89. The Bertz CT molecular complexity index is 1190. The summed E-state index contributed by atoms with van der Waals surface area (Å²) >= 11 is 7.27. The van der Waals surface area contributed by atoms with Gasteiger partial charge in [0.25, 0.3) is 0 Å². The normalized spacial score (nSPS) is 10.8. The van der Waals surface area contributed by atoms with Crippen molar-refractivity contribution in [3.63, 3.8) is 0 Å². The molecule has 0 amide bonds. The van der Waals surface area contributed by atoms with E-state index >= 15 is 0 Å². The van der Waals surface area contributed by atoms with Crippen molar-refractivity contribution in [3.05, 3.63) is 75.9 Å². The first-order chi connectivity index (χ1) is 14.0. The molecule has 0 fully saturated rings. The van der Waals surface area contributed by atoms with Gasteiger partial charge in [0.1, 0.15) is 34.2 Å². The third kappa shape index (κ3) is 4.01. The lowest BCUT2D eigenvalue weighted by Gasteiger charge is -2.09. The van der Waals surface area contributed by atoms with E-state index in [2.05, 4.69) is 15.3 Å². The van der Waals surface area contributed by atoms with Crippen LogP contribution in [0.25, 0.3) is 10.2 Å². The molecule has 2 N–H and O–H groups in total. The van der Waals surface area contributed by atoms with E-state index in [0.29, 0.717) is 37.2 Å². The lowest BCUT2D eigenvalue weighted by Crippen LogP contribution is -2.04. The predicted octanol–water partition coefficient (Wildman–Crippen LogP) is 5.46. The molecule has 0 spiro atoms. The monoisotopic (exact) mass is 425 g/mol. The Morgan fingerprint density at radius 3 is 2.79 bits per heavy atom. The van der Waals surface area contributed by atoms with Gasteiger partial charge in [-0.25, -0.2) is 14.8 Å². The summed E-state index contributed by atoms with van der Waals surface area (Å²) in [5.74, 6) is 0.103. The number of anilines is 2. The first kappa shape index (κ1) is 19.2. The van der Waals surface area contributed by atoms with E-state index in [9.17, 15) is 9.90 Å². The molecule has 0 unspecified atom stereocenters. The lowest BCUT2D eigenvalue weighted by atomic mass is 10.2. The smallest absolute Gasteiger partial charge is 0.349 e. The molecule has 0 saturated carbocycles. The van der Waals surface area contributed by atoms with Crippen LogP contribution in [0, 0.1) is 6.92 Å². The van der Waals surface area contributed by atoms with Gasteiger partial charge < -0.3 is 15.2 Å². The first-order valence-electron chi connectivity index (χ1n) is 8.73. The first-order valence-corrected chi connectivity index (χ1v) is 9.93. The molecule has 29 heavy (non-hydrogen) atoms. The third-order valence-electron chi connectivity index (χ3n) is 4.34. The summed E-state index contributed by atoms with van der Waals surface area (Å²) in [4.78, 5) is 22.3. The van der Waals surface area contributed by atoms with Gasteiger partial charge in [0, 0.05) is 5.02 Å². The summed E-state index contributed by atoms with van der Waals surface area (Å²) in [5.41, 5.74) is 2.04. The zero-order valence-corrected chi connectivity index (χ0v) is 16.9. The van der Waals surface area contributed by atoms with Crippen LogP contribution >= 0.6 is 22.9 Å². The Hall–Kier alpha value is -3.16. The van der Waals surface area contributed by atoms with Crippen LogP contribution < -0.4 is 5.32 Å². The number of ether oxygens (including phenoxy) is 1. The minimum Gasteiger partial charge on any atom is -0.506 e. The molecule has 0 aliphatic carbocycles. The SMILES string of the molecule is Cc1c(C(=O)OCc2ccccc2)sc2ncnc(Nc3cc(Cl)ccc3O)c12. The fourth-order valence-corrected chi connectivity index (χ4v) is 4.10. The van der Waals surface area contributed by atoms with Gasteiger partial charge >= 0.3 is 5.97 Å². The second-order valence-corrected chi connectivity index (χ2v) is 7.74. The van der Waals surface area contributed by atoms with Crippen molar-refractivity contribution in [2.75, 3.05) is 5.32 Å². The van der Waals surface area contributed by atoms with E-state index < -0.39 is 5.97 Å². The summed E-state index contributed by atoms with van der Waals surface area (Å²) < 4.78 is 5.46. The minimum atomic E-state index is -0.411. The average Bonchev–Trinajstić information content (AvgIpc) is 3.07. The van der Waals surface area contributed by atoms with Crippen molar-refractivity contribution in [3.8, 4) is 5.75 Å². The number of nitrogens with zero attached hydrogens (tertiary/aromatic N) is 2. The standard InChI is InChI=1S/C21H16ClN3O3S/c1-12-17-19(25-15-9-14(22)7-8-16(15)26)23-11-24-20(17)29-18(12)21(27)28-10-13-5-3-2-4-6-13/h2-9,11,26H,10H2,1H3,(H,23,24,25). The second kappa shape index (κ2) is 8.06. The highest BCUT2D eigenvalue weighted by atomic mass is 35.5. The number of fused-ring (bicyclic) bond motifs is 1. The van der Waals surface area contributed by atoms with Crippen LogP contribution in [0.1, 0.15) is 20.8 Å². The topological polar surface area (TPSA) is 84.3 Å². The van der Waals surface area contributed by atoms with Gasteiger partial charge in [0.15, 0.2) is 0 Å². The van der Waals surface area contributed by atoms with E-state index in [1.54, 1.807) is 12.1 Å². The highest BCUT2D eigenvalue weighted by molar-refractivity contribution is 7.20. The van der Waals surface area contributed by atoms with Crippen molar-refractivity contribution in [1.82, 2.24) is 9.97 Å². The molecule has 146 valence electrons. The molecule has 0 radical (unpaired) electrons. The number of benzene rings is 2. The lowest BCUT2D eigenvalue weighted by molar-refractivity contribution is 0.0478. The van der Waals surface area contributed by atoms with Crippen molar-refractivity contribution in [2.24, 2.45) is 0 Å². The second-order valence-electron chi connectivity index (χ2n) is 6.31. The number of phenols is 1. The van der Waals surface area contributed by atoms with E-state index in [0.717, 1.165) is 5.56 Å². The molecule has 2 aromatic heterocycles. The molecule has 2 aromatic carbocycles. The number of aryl methyl sites for hydroxylation is 1. The highest BCUT2D eigenvalue weighted by Gasteiger charge is 2.21. The van der Waals surface area contributed by atoms with E-state index in [4.69, 9.17) is 16.3 Å². The molecule has 6 nitrogen and oxygen atoms in total. The van der Waals surface area contributed by atoms with E-state index in [1.165, 1.54) is 23.7 Å². The number of esters is 1. The zero-order valence-electron chi connectivity index (χ0n) is 15.3. The Labute approximate surface area is 175 Å². The highest BCUT2D eigenvalue weighted by Crippen LogP contribution is 2.37. The fraction of sp³-hybridized carbons (Fsp3) is 0.0952. The van der Waals surface area contributed by atoms with Crippen LogP contribution in [-0.4, -0.2) is 21.0 Å². The molecule has 2 heterocycles. The molecule has 0 saturated heterocycles. The predicted molar refractivity (Wildman–Crippen MR) is 114 cm³/mol. The number of aromatic hydroxyl groups is 1. The van der Waals surface area contributed by atoms with Gasteiger partial charge in [-0.3, -0.25) is 0 Å². The number of carbonyl (C=O) groups is 1. The summed E-state index contributed by atoms with van der Waals surface area (Å²) in [7, 11) is 0. The van der Waals surface area contributed by atoms with Crippen LogP contribution in [0.4, 0.5) is 11.5 Å². The molecular formula is C21H16ClN3O3S. The Morgan fingerprint density at radius 1 is 1.21 bits per heavy atom. The van der Waals surface area contributed by atoms with Crippen LogP contribution in [0.5, 0.6) is 5.75 Å². The maximum absolute atomic E-state index is 12.6. The van der Waals surface area contributed by atoms with Crippen LogP contribution in [-0.2, 0) is 11.3 Å². The Balaban J connectivity index is 1.64. The van der Waals surface area contributed by atoms with E-state index in [1.807, 2.05) is 37.3 Å². The zero-order chi connectivity index (χ0) is 20.4. The van der Waals surface area contributed by atoms with Gasteiger partial charge in [0.2, 0.25) is 0 Å². The number of carbonyl (C=O) groups excluding carboxylic acids is 1. The molecule has 0 bridgehead atoms. The van der Waals surface area contributed by atoms with Gasteiger partial charge in [0.05, 0.1) is 11.1 Å². The summed E-state index contributed by atoms with van der Waals surface area (Å²) in [6.07, 6.45) is 1.40. The number of phenolic OH excluding ortho intramolecular Hbond substituents is 1. The molecule has 0 aliphatic heterocycles. The minimum absolute atomic E-state index is 0.0385. The maximum Gasteiger partial charge on any atom is 0.349 e. The van der Waals surface area contributed by atoms with Crippen molar-refractivity contribution in [2.45, 2.75) is 13.5 Å². The quantitative estimate of drug-likeness (QED) is 0.326. The van der Waals surface area contributed by atoms with Gasteiger partial charge in [-0.05, 0) is 36.2 Å². The third-order valence-corrected chi connectivity index (χ3v) is 5.75. The van der Waals surface area contributed by atoms with Crippen LogP contribution in [0.3, 0.4) is 0 Å². The van der Waals surface area contributed by atoms with Gasteiger partial charge in [-0.1, -0.05) is 41.9 Å².